The number of carbonyl (C=O) groups excluding carboxylic acids is 1. The zero-order valence-corrected chi connectivity index (χ0v) is 16.4. The molecule has 1 aliphatic rings. The number of halogens is 1. The third kappa shape index (κ3) is 5.37. The van der Waals surface area contributed by atoms with Gasteiger partial charge in [0, 0.05) is 50.7 Å². The Balaban J connectivity index is 1.40. The average Bonchev–Trinajstić information content (AvgIpc) is 2.72. The van der Waals surface area contributed by atoms with Gasteiger partial charge in [-0.2, -0.15) is 0 Å². The van der Waals surface area contributed by atoms with Crippen LogP contribution in [0, 0.1) is 0 Å². The summed E-state index contributed by atoms with van der Waals surface area (Å²) in [6, 6.07) is 15.7. The maximum atomic E-state index is 12.1. The van der Waals surface area contributed by atoms with Gasteiger partial charge in [-0.05, 0) is 23.8 Å². The lowest BCUT2D eigenvalue weighted by atomic mass is 10.2. The number of anilines is 1. The van der Waals surface area contributed by atoms with Crippen molar-refractivity contribution >= 4 is 23.2 Å². The van der Waals surface area contributed by atoms with Gasteiger partial charge in [-0.3, -0.25) is 9.69 Å². The van der Waals surface area contributed by atoms with E-state index in [1.165, 1.54) is 0 Å². The number of rotatable bonds is 7. The molecule has 5 nitrogen and oxygen atoms in total. The van der Waals surface area contributed by atoms with Gasteiger partial charge < -0.3 is 15.0 Å². The maximum Gasteiger partial charge on any atom is 0.221 e. The lowest BCUT2D eigenvalue weighted by Crippen LogP contribution is -2.47. The number of benzene rings is 2. The molecule has 3 rings (SSSR count). The Kier molecular flexibility index (Phi) is 6.96. The molecular formula is C21H26ClN3O2. The number of nitrogens with zero attached hydrogens (tertiary/aromatic N) is 2. The van der Waals surface area contributed by atoms with E-state index < -0.39 is 0 Å². The fourth-order valence-corrected chi connectivity index (χ4v) is 3.49. The summed E-state index contributed by atoms with van der Waals surface area (Å²) >= 11 is 6.12. The van der Waals surface area contributed by atoms with E-state index in [-0.39, 0.29) is 5.91 Å². The van der Waals surface area contributed by atoms with Gasteiger partial charge >= 0.3 is 0 Å². The topological polar surface area (TPSA) is 44.8 Å². The average molecular weight is 388 g/mol. The first-order chi connectivity index (χ1) is 13.2. The molecule has 0 atom stereocenters. The van der Waals surface area contributed by atoms with Crippen LogP contribution in [-0.4, -0.2) is 50.6 Å². The SMILES string of the molecule is COc1ccccc1N1CCN(CCC(=O)NCc2ccccc2Cl)CC1. The molecule has 1 saturated heterocycles. The van der Waals surface area contributed by atoms with E-state index in [4.69, 9.17) is 16.3 Å². The van der Waals surface area contributed by atoms with E-state index >= 15 is 0 Å². The van der Waals surface area contributed by atoms with Crippen molar-refractivity contribution in [3.8, 4) is 5.75 Å². The largest absolute Gasteiger partial charge is 0.495 e. The second-order valence-electron chi connectivity index (χ2n) is 6.62. The standard InChI is InChI=1S/C21H26ClN3O2/c1-27-20-9-5-4-8-19(20)25-14-12-24(13-15-25)11-10-21(26)23-16-17-6-2-3-7-18(17)22/h2-9H,10-16H2,1H3,(H,23,26). The molecule has 0 unspecified atom stereocenters. The van der Waals surface area contributed by atoms with E-state index in [9.17, 15) is 4.79 Å². The van der Waals surface area contributed by atoms with Crippen molar-refractivity contribution in [2.24, 2.45) is 0 Å². The normalized spacial score (nSPS) is 14.8. The molecule has 0 saturated carbocycles. The summed E-state index contributed by atoms with van der Waals surface area (Å²) in [6.45, 7) is 4.99. The molecule has 6 heteroatoms. The van der Waals surface area contributed by atoms with Crippen LogP contribution in [0.1, 0.15) is 12.0 Å². The molecule has 27 heavy (non-hydrogen) atoms. The molecular weight excluding hydrogens is 362 g/mol. The van der Waals surface area contributed by atoms with Crippen LogP contribution in [0.25, 0.3) is 0 Å². The van der Waals surface area contributed by atoms with Crippen molar-refractivity contribution in [2.45, 2.75) is 13.0 Å². The summed E-state index contributed by atoms with van der Waals surface area (Å²) in [7, 11) is 1.70. The molecule has 0 radical (unpaired) electrons. The van der Waals surface area contributed by atoms with Crippen LogP contribution in [0.4, 0.5) is 5.69 Å². The molecule has 2 aromatic carbocycles. The minimum absolute atomic E-state index is 0.0575. The lowest BCUT2D eigenvalue weighted by molar-refractivity contribution is -0.121. The third-order valence-corrected chi connectivity index (χ3v) is 5.26. The van der Waals surface area contributed by atoms with Gasteiger partial charge in [0.1, 0.15) is 5.75 Å². The number of nitrogens with one attached hydrogen (secondary N) is 1. The van der Waals surface area contributed by atoms with E-state index in [2.05, 4.69) is 21.2 Å². The van der Waals surface area contributed by atoms with E-state index in [0.29, 0.717) is 18.0 Å². The van der Waals surface area contributed by atoms with Gasteiger partial charge in [-0.15, -0.1) is 0 Å². The molecule has 0 spiro atoms. The molecule has 1 N–H and O–H groups in total. The summed E-state index contributed by atoms with van der Waals surface area (Å²) in [6.07, 6.45) is 0.499. The molecule has 0 aliphatic carbocycles. The van der Waals surface area contributed by atoms with Crippen LogP contribution in [0.15, 0.2) is 48.5 Å². The number of amides is 1. The number of para-hydroxylation sites is 2. The Morgan fingerprint density at radius 2 is 1.78 bits per heavy atom. The number of ether oxygens (including phenoxy) is 1. The Morgan fingerprint density at radius 1 is 1.07 bits per heavy atom. The van der Waals surface area contributed by atoms with Gasteiger partial charge in [-0.25, -0.2) is 0 Å². The zero-order chi connectivity index (χ0) is 19.1. The van der Waals surface area contributed by atoms with Gasteiger partial charge in [0.2, 0.25) is 5.91 Å². The number of piperazine rings is 1. The lowest BCUT2D eigenvalue weighted by Gasteiger charge is -2.36. The van der Waals surface area contributed by atoms with Crippen LogP contribution < -0.4 is 15.0 Å². The third-order valence-electron chi connectivity index (χ3n) is 4.89. The van der Waals surface area contributed by atoms with E-state index in [1.54, 1.807) is 7.11 Å². The molecule has 144 valence electrons. The summed E-state index contributed by atoms with van der Waals surface area (Å²) in [5.74, 6) is 0.965. The first-order valence-electron chi connectivity index (χ1n) is 9.28. The molecule has 1 heterocycles. The van der Waals surface area contributed by atoms with E-state index in [0.717, 1.165) is 49.7 Å². The maximum absolute atomic E-state index is 12.1. The van der Waals surface area contributed by atoms with Crippen molar-refractivity contribution in [2.75, 3.05) is 44.7 Å². The highest BCUT2D eigenvalue weighted by Gasteiger charge is 2.19. The van der Waals surface area contributed by atoms with Gasteiger partial charge in [0.05, 0.1) is 12.8 Å². The predicted molar refractivity (Wildman–Crippen MR) is 110 cm³/mol. The van der Waals surface area contributed by atoms with Crippen molar-refractivity contribution in [3.63, 3.8) is 0 Å². The Labute approximate surface area is 165 Å². The van der Waals surface area contributed by atoms with Crippen molar-refractivity contribution in [1.29, 1.82) is 0 Å². The summed E-state index contributed by atoms with van der Waals surface area (Å²) < 4.78 is 5.46. The van der Waals surface area contributed by atoms with Crippen LogP contribution >= 0.6 is 11.6 Å². The molecule has 2 aromatic rings. The number of hydrogen-bond acceptors (Lipinski definition) is 4. The summed E-state index contributed by atoms with van der Waals surface area (Å²) in [5, 5.41) is 3.64. The highest BCUT2D eigenvalue weighted by molar-refractivity contribution is 6.31. The first-order valence-corrected chi connectivity index (χ1v) is 9.65. The van der Waals surface area contributed by atoms with Gasteiger partial charge in [0.25, 0.3) is 0 Å². The molecule has 0 bridgehead atoms. The fourth-order valence-electron chi connectivity index (χ4n) is 3.29. The molecule has 1 amide bonds. The van der Waals surface area contributed by atoms with Crippen LogP contribution in [0.2, 0.25) is 5.02 Å². The zero-order valence-electron chi connectivity index (χ0n) is 15.7. The Bertz CT molecular complexity index is 761. The second-order valence-corrected chi connectivity index (χ2v) is 7.03. The van der Waals surface area contributed by atoms with Gasteiger partial charge in [0.15, 0.2) is 0 Å². The Hall–Kier alpha value is -2.24. The minimum atomic E-state index is 0.0575. The quantitative estimate of drug-likeness (QED) is 0.792. The van der Waals surface area contributed by atoms with Crippen molar-refractivity contribution in [3.05, 3.63) is 59.1 Å². The highest BCUT2D eigenvalue weighted by atomic mass is 35.5. The molecule has 1 aliphatic heterocycles. The van der Waals surface area contributed by atoms with Crippen molar-refractivity contribution in [1.82, 2.24) is 10.2 Å². The fraction of sp³-hybridized carbons (Fsp3) is 0.381. The smallest absolute Gasteiger partial charge is 0.221 e. The van der Waals surface area contributed by atoms with Gasteiger partial charge in [-0.1, -0.05) is 41.9 Å². The van der Waals surface area contributed by atoms with Crippen LogP contribution in [-0.2, 0) is 11.3 Å². The minimum Gasteiger partial charge on any atom is -0.495 e. The van der Waals surface area contributed by atoms with Crippen LogP contribution in [0.5, 0.6) is 5.75 Å². The highest BCUT2D eigenvalue weighted by Crippen LogP contribution is 2.28. The van der Waals surface area contributed by atoms with E-state index in [1.807, 2.05) is 42.5 Å². The number of carbonyl (C=O) groups is 1. The number of hydrogen-bond donors (Lipinski definition) is 1. The first kappa shape index (κ1) is 19.5. The molecule has 1 fully saturated rings. The van der Waals surface area contributed by atoms with Crippen LogP contribution in [0.3, 0.4) is 0 Å². The Morgan fingerprint density at radius 3 is 2.52 bits per heavy atom. The summed E-state index contributed by atoms with van der Waals surface area (Å²) in [4.78, 5) is 16.8. The molecule has 0 aromatic heterocycles. The van der Waals surface area contributed by atoms with Crippen molar-refractivity contribution < 1.29 is 9.53 Å². The summed E-state index contributed by atoms with van der Waals surface area (Å²) in [5.41, 5.74) is 2.08. The predicted octanol–water partition coefficient (Wildman–Crippen LogP) is 3.18. The second kappa shape index (κ2) is 9.62. The monoisotopic (exact) mass is 387 g/mol. The number of methoxy groups -OCH3 is 1.